The number of nitrogens with two attached hydrogens (primary N) is 1. The van der Waals surface area contributed by atoms with Gasteiger partial charge >= 0.3 is 0 Å². The molecule has 0 atom stereocenters. The molecule has 0 radical (unpaired) electrons. The van der Waals surface area contributed by atoms with Gasteiger partial charge in [-0.25, -0.2) is 24.9 Å². The Hall–Kier alpha value is -12.3. The third-order valence-electron chi connectivity index (χ3n) is 22.3. The summed E-state index contributed by atoms with van der Waals surface area (Å²) in [5.41, 5.74) is 33.3. The number of imidazole rings is 4. The summed E-state index contributed by atoms with van der Waals surface area (Å²) in [6.07, 6.45) is 12.0. The van der Waals surface area contributed by atoms with E-state index in [-0.39, 0.29) is 5.78 Å². The summed E-state index contributed by atoms with van der Waals surface area (Å²) in [6.45, 7) is 17.6. The van der Waals surface area contributed by atoms with Crippen molar-refractivity contribution in [2.75, 3.05) is 11.1 Å². The number of carbonyl (C=O) groups excluding carboxylic acids is 1. The van der Waals surface area contributed by atoms with Crippen molar-refractivity contribution in [2.45, 2.75) is 55.4 Å². The van der Waals surface area contributed by atoms with Crippen LogP contribution in [0.25, 0.3) is 144 Å². The molecular formula is C101H84BrI3N14O. The highest BCUT2D eigenvalue weighted by molar-refractivity contribution is 15.0. The number of halogens is 4. The lowest BCUT2D eigenvalue weighted by molar-refractivity contribution is 0.102. The maximum atomic E-state index is 11.0. The van der Waals surface area contributed by atoms with Crippen molar-refractivity contribution in [1.29, 1.82) is 0 Å². The Morgan fingerprint density at radius 2 is 0.742 bits per heavy atom. The zero-order valence-corrected chi connectivity index (χ0v) is 75.4. The molecule has 0 amide bonds. The molecule has 0 aliphatic heterocycles. The van der Waals surface area contributed by atoms with Crippen LogP contribution in [0.15, 0.2) is 328 Å². The SMILES string of the molecule is Cc1[nH]c2c(ccc3c2ccc2c(C)c(C)[nH]c23)c1C.Cc1c(C)n(-c2c(-c3ccccc3)nc3ccccn23)c2c1ccc1c2ccc2c(C)c(C)n(-c3c(-c4ccccc4)nc4ccccn34)c21.II.Ic1c(-c2ccccc2)nc2ccccn12.Nc1ccccn1.O=C(CBr)c1ccccc1.c1ccc(-c2cn3ccccc3n2)cc1. The molecule has 13 aromatic heterocycles. The van der Waals surface area contributed by atoms with Gasteiger partial charge in [0, 0.05) is 168 Å². The lowest BCUT2D eigenvalue weighted by atomic mass is 10.0. The molecule has 0 saturated heterocycles. The molecule has 120 heavy (non-hydrogen) atoms. The van der Waals surface area contributed by atoms with Gasteiger partial charge in [0.05, 0.1) is 33.1 Å². The normalized spacial score (nSPS) is 11.1. The van der Waals surface area contributed by atoms with E-state index in [2.05, 4.69) is 361 Å². The van der Waals surface area contributed by atoms with E-state index >= 15 is 0 Å². The Balaban J connectivity index is 0.000000125. The van der Waals surface area contributed by atoms with Crippen LogP contribution < -0.4 is 5.73 Å². The zero-order chi connectivity index (χ0) is 83.2. The number of nitrogens with one attached hydrogen (secondary N) is 2. The molecule has 0 fully saturated rings. The van der Waals surface area contributed by atoms with Crippen molar-refractivity contribution >= 4 is 175 Å². The first kappa shape index (κ1) is 81.5. The Bertz CT molecular complexity index is 7120. The third-order valence-corrected chi connectivity index (χ3v) is 23.8. The van der Waals surface area contributed by atoms with Crippen LogP contribution in [0.3, 0.4) is 0 Å². The summed E-state index contributed by atoms with van der Waals surface area (Å²) in [7, 11) is 0. The van der Waals surface area contributed by atoms with E-state index in [4.69, 9.17) is 15.7 Å². The quantitative estimate of drug-likeness (QED) is 0.0773. The number of hydrogen-bond acceptors (Lipinski definition) is 7. The van der Waals surface area contributed by atoms with Gasteiger partial charge in [-0.1, -0.05) is 246 Å². The van der Waals surface area contributed by atoms with E-state index in [1.54, 1.807) is 12.3 Å². The van der Waals surface area contributed by atoms with Crippen LogP contribution in [0.2, 0.25) is 0 Å². The molecule has 0 unspecified atom stereocenters. The van der Waals surface area contributed by atoms with Crippen molar-refractivity contribution in [3.8, 4) is 56.7 Å². The molecule has 0 aliphatic carbocycles. The molecule has 19 heteroatoms. The van der Waals surface area contributed by atoms with Crippen molar-refractivity contribution in [2.24, 2.45) is 0 Å². The number of alkyl halides is 1. The number of anilines is 1. The Labute approximate surface area is 740 Å². The van der Waals surface area contributed by atoms with E-state index in [0.29, 0.717) is 11.1 Å². The number of H-pyrrole nitrogens is 2. The Morgan fingerprint density at radius 3 is 1.16 bits per heavy atom. The first-order valence-corrected chi connectivity index (χ1v) is 47.8. The number of rotatable bonds is 8. The molecule has 0 aliphatic rings. The summed E-state index contributed by atoms with van der Waals surface area (Å²) in [5, 5.41) is 10.5. The van der Waals surface area contributed by atoms with E-state index < -0.39 is 0 Å². The molecule has 15 nitrogen and oxygen atoms in total. The molecule has 592 valence electrons. The average molecular weight is 1970 g/mol. The monoisotopic (exact) mass is 1970 g/mol. The molecule has 22 rings (SSSR count). The minimum atomic E-state index is 0.126. The molecule has 0 bridgehead atoms. The lowest BCUT2D eigenvalue weighted by Gasteiger charge is -2.15. The van der Waals surface area contributed by atoms with Crippen molar-refractivity contribution in [1.82, 2.24) is 61.6 Å². The fraction of sp³-hybridized carbons (Fsp3) is 0.0891. The topological polar surface area (TPSA) is 167 Å². The van der Waals surface area contributed by atoms with Crippen LogP contribution in [-0.4, -0.2) is 72.7 Å². The van der Waals surface area contributed by atoms with Crippen LogP contribution in [0, 0.1) is 59.1 Å². The van der Waals surface area contributed by atoms with Gasteiger partial charge in [-0.05, 0) is 161 Å². The number of Topliss-reactive ketones (excluding diaryl/α,β-unsaturated/α-hetero) is 1. The Morgan fingerprint density at radius 1 is 0.375 bits per heavy atom. The second kappa shape index (κ2) is 36.1. The molecule has 13 heterocycles. The van der Waals surface area contributed by atoms with Crippen molar-refractivity contribution in [3.63, 3.8) is 0 Å². The van der Waals surface area contributed by atoms with Crippen LogP contribution in [0.4, 0.5) is 5.82 Å². The summed E-state index contributed by atoms with van der Waals surface area (Å²) >= 11 is 9.68. The number of nitrogen functional groups attached to an aromatic ring is 1. The average Bonchev–Trinajstić information content (AvgIpc) is 1.54. The number of ketones is 1. The highest BCUT2D eigenvalue weighted by atomic mass is 128. The smallest absolute Gasteiger partial charge is 0.173 e. The molecule has 0 saturated carbocycles. The second-order valence-corrected chi connectivity index (χ2v) is 30.9. The minimum Gasteiger partial charge on any atom is -0.384 e. The van der Waals surface area contributed by atoms with Gasteiger partial charge in [-0.2, -0.15) is 0 Å². The van der Waals surface area contributed by atoms with Crippen LogP contribution in [-0.2, 0) is 0 Å². The first-order chi connectivity index (χ1) is 58.6. The number of pyridine rings is 5. The van der Waals surface area contributed by atoms with Gasteiger partial charge in [0.1, 0.15) is 60.8 Å². The summed E-state index contributed by atoms with van der Waals surface area (Å²) in [5.74, 6) is 2.79. The first-order valence-electron chi connectivity index (χ1n) is 39.3. The molecular weight excluding hydrogens is 1890 g/mol. The summed E-state index contributed by atoms with van der Waals surface area (Å²) in [4.78, 5) is 41.4. The highest BCUT2D eigenvalue weighted by Gasteiger charge is 2.27. The third kappa shape index (κ3) is 15.9. The Kier molecular flexibility index (Phi) is 24.5. The van der Waals surface area contributed by atoms with Gasteiger partial charge in [0.2, 0.25) is 0 Å². The predicted octanol–water partition coefficient (Wildman–Crippen LogP) is 26.9. The fourth-order valence-electron chi connectivity index (χ4n) is 15.8. The van der Waals surface area contributed by atoms with E-state index in [1.807, 2.05) is 138 Å². The fourth-order valence-corrected chi connectivity index (χ4v) is 17.0. The number of aromatic nitrogens is 13. The summed E-state index contributed by atoms with van der Waals surface area (Å²) < 4.78 is 14.6. The lowest BCUT2D eigenvalue weighted by Crippen LogP contribution is -2.04. The highest BCUT2D eigenvalue weighted by Crippen LogP contribution is 2.44. The minimum absolute atomic E-state index is 0.126. The van der Waals surface area contributed by atoms with Crippen molar-refractivity contribution < 1.29 is 4.79 Å². The summed E-state index contributed by atoms with van der Waals surface area (Å²) in [6, 6.07) is 99.0. The molecule has 9 aromatic carbocycles. The largest absolute Gasteiger partial charge is 0.384 e. The maximum absolute atomic E-state index is 11.0. The number of aryl methyl sites for hydroxylation is 6. The van der Waals surface area contributed by atoms with Crippen LogP contribution >= 0.6 is 75.8 Å². The van der Waals surface area contributed by atoms with Crippen molar-refractivity contribution in [3.05, 3.63) is 383 Å². The molecule has 0 spiro atoms. The van der Waals surface area contributed by atoms with E-state index in [9.17, 15) is 4.79 Å². The number of benzene rings is 9. The van der Waals surface area contributed by atoms with E-state index in [1.165, 1.54) is 110 Å². The maximum Gasteiger partial charge on any atom is 0.173 e. The van der Waals surface area contributed by atoms with Gasteiger partial charge in [-0.15, -0.1) is 0 Å². The predicted molar refractivity (Wildman–Crippen MR) is 527 cm³/mol. The van der Waals surface area contributed by atoms with E-state index in [0.717, 1.165) is 88.5 Å². The van der Waals surface area contributed by atoms with Gasteiger partial charge in [0.25, 0.3) is 0 Å². The van der Waals surface area contributed by atoms with Gasteiger partial charge in [0.15, 0.2) is 5.78 Å². The molecule has 4 N–H and O–H groups in total. The zero-order valence-electron chi connectivity index (χ0n) is 67.3. The number of aromatic amines is 2. The van der Waals surface area contributed by atoms with Crippen LogP contribution in [0.1, 0.15) is 55.4 Å². The van der Waals surface area contributed by atoms with Crippen LogP contribution in [0.5, 0.6) is 0 Å². The van der Waals surface area contributed by atoms with Gasteiger partial charge in [-0.3, -0.25) is 27.1 Å². The standard InChI is InChI=1S/C44H34N6.C18H18N2.C13H9IN2.C13H10N2.C8H7BrO.C5H6N2.I2/c1-27-29(3)49(43-39(31-15-7-5-8-16-31)45-37-19-11-13-25-47(37)43)41-33(27)21-23-36-35(41)24-22-34-28(2)30(4)50(42(34)36)44-40(32-17-9-6-10-18-32)46-38-20-12-14-26-48(38)44;1-9-11(3)19-17-13(9)5-7-16-15(17)8-6-14-10(2)12(4)20-18(14)16;14-13-12(10-6-2-1-3-7-10)15-11-8-4-5-9-16(11)13;1-2-6-11(7-3-1)12-10-15-9-5-4-8-13(15)14-12;9-6-8(10)7-4-2-1-3-5-7;6-5-3-1-2-4-7-5;1-2/h5-26H,1-4H3;5-8,19-20H,1-4H3;1-9H;1-10H;1-5H,6H2;1-4H,(H2,6,7);. The number of carbonyl (C=O) groups is 1. The number of fused-ring (bicyclic) bond motifs is 14. The molecule has 22 aromatic rings. The van der Waals surface area contributed by atoms with Gasteiger partial charge < -0.3 is 20.1 Å². The number of hydrogen-bond donors (Lipinski definition) is 3. The second-order valence-electron chi connectivity index (χ2n) is 29.3. The number of nitrogens with zero attached hydrogens (tertiary/aromatic N) is 11.